The summed E-state index contributed by atoms with van der Waals surface area (Å²) in [5.74, 6) is 0. The zero-order valence-electron chi connectivity index (χ0n) is 11.4. The topological polar surface area (TPSA) is 66.6 Å². The first-order chi connectivity index (χ1) is 9.00. The van der Waals surface area contributed by atoms with Crippen LogP contribution in [0.5, 0.6) is 0 Å². The number of likely N-dealkylation sites (N-methyl/N-ethyl adjacent to an activating group) is 1. The number of sulfonamides is 1. The lowest BCUT2D eigenvalue weighted by Crippen LogP contribution is -2.48. The maximum Gasteiger partial charge on any atom is 0.244 e. The monoisotopic (exact) mass is 303 g/mol. The zero-order valence-corrected chi connectivity index (χ0v) is 13.1. The molecule has 0 saturated carbocycles. The molecule has 0 radical (unpaired) electrons. The Hall–Kier alpha value is -0.470. The molecule has 2 N–H and O–H groups in total. The molecule has 108 valence electrons. The molecule has 1 saturated heterocycles. The number of nitrogens with zero attached hydrogens (tertiary/aromatic N) is 2. The van der Waals surface area contributed by atoms with E-state index in [1.165, 1.54) is 11.3 Å². The number of hydrogen-bond acceptors (Lipinski definition) is 5. The van der Waals surface area contributed by atoms with Crippen molar-refractivity contribution in [1.29, 1.82) is 0 Å². The molecule has 0 amide bonds. The van der Waals surface area contributed by atoms with Gasteiger partial charge in [0, 0.05) is 37.6 Å². The Balaban J connectivity index is 2.26. The summed E-state index contributed by atoms with van der Waals surface area (Å²) in [5.41, 5.74) is 6.46. The van der Waals surface area contributed by atoms with Gasteiger partial charge >= 0.3 is 0 Å². The third kappa shape index (κ3) is 2.85. The highest BCUT2D eigenvalue weighted by molar-refractivity contribution is 7.89. The molecular weight excluding hydrogens is 282 g/mol. The molecule has 1 aliphatic rings. The highest BCUT2D eigenvalue weighted by Gasteiger charge is 2.31. The average molecular weight is 303 g/mol. The van der Waals surface area contributed by atoms with Crippen molar-refractivity contribution < 1.29 is 8.42 Å². The van der Waals surface area contributed by atoms with Gasteiger partial charge in [0.1, 0.15) is 4.90 Å². The third-order valence-corrected chi connectivity index (χ3v) is 6.94. The van der Waals surface area contributed by atoms with Gasteiger partial charge in [0.05, 0.1) is 0 Å². The van der Waals surface area contributed by atoms with Gasteiger partial charge < -0.3 is 10.6 Å². The number of piperazine rings is 1. The Morgan fingerprint density at radius 3 is 2.47 bits per heavy atom. The number of thiophene rings is 1. The second-order valence-corrected chi connectivity index (χ2v) is 7.55. The van der Waals surface area contributed by atoms with Gasteiger partial charge in [0.25, 0.3) is 0 Å². The molecule has 0 aliphatic carbocycles. The molecule has 1 fully saturated rings. The van der Waals surface area contributed by atoms with E-state index in [1.807, 2.05) is 12.3 Å². The summed E-state index contributed by atoms with van der Waals surface area (Å²) in [4.78, 5) is 3.46. The minimum atomic E-state index is -3.39. The van der Waals surface area contributed by atoms with Crippen molar-refractivity contribution >= 4 is 21.4 Å². The Labute approximate surface area is 119 Å². The molecule has 1 aliphatic heterocycles. The second kappa shape index (κ2) is 5.88. The summed E-state index contributed by atoms with van der Waals surface area (Å²) in [5, 5.41) is 1.87. The van der Waals surface area contributed by atoms with Crippen molar-refractivity contribution in [3.63, 3.8) is 0 Å². The molecule has 0 bridgehead atoms. The van der Waals surface area contributed by atoms with Crippen molar-refractivity contribution in [2.75, 3.05) is 32.7 Å². The fourth-order valence-electron chi connectivity index (χ4n) is 2.39. The molecule has 0 aromatic carbocycles. The van der Waals surface area contributed by atoms with Crippen LogP contribution in [0.4, 0.5) is 0 Å². The van der Waals surface area contributed by atoms with Crippen LogP contribution < -0.4 is 5.73 Å². The predicted octanol–water partition coefficient (Wildman–Crippen LogP) is 0.841. The lowest BCUT2D eigenvalue weighted by atomic mass is 10.3. The molecule has 2 rings (SSSR count). The van der Waals surface area contributed by atoms with Gasteiger partial charge in [-0.2, -0.15) is 4.31 Å². The van der Waals surface area contributed by atoms with Crippen LogP contribution in [0.3, 0.4) is 0 Å². The van der Waals surface area contributed by atoms with Gasteiger partial charge in [-0.25, -0.2) is 8.42 Å². The minimum Gasteiger partial charge on any atom is -0.326 e. The van der Waals surface area contributed by atoms with E-state index in [0.29, 0.717) is 18.0 Å². The molecule has 0 spiro atoms. The molecule has 2 heterocycles. The van der Waals surface area contributed by atoms with Gasteiger partial charge in [-0.05, 0) is 24.4 Å². The summed E-state index contributed by atoms with van der Waals surface area (Å²) in [7, 11) is -3.39. The van der Waals surface area contributed by atoms with Crippen molar-refractivity contribution in [2.45, 2.75) is 25.3 Å². The molecular formula is C12H21N3O2S2. The van der Waals surface area contributed by atoms with E-state index in [4.69, 9.17) is 5.73 Å². The summed E-state index contributed by atoms with van der Waals surface area (Å²) in [6.07, 6.45) is 0. The second-order valence-electron chi connectivity index (χ2n) is 4.71. The van der Waals surface area contributed by atoms with E-state index in [1.54, 1.807) is 4.31 Å². The lowest BCUT2D eigenvalue weighted by Gasteiger charge is -2.33. The maximum atomic E-state index is 12.7. The van der Waals surface area contributed by atoms with E-state index in [9.17, 15) is 8.42 Å². The SMILES string of the molecule is CCN1CCN(S(=O)(=O)c2c(C)csc2CN)CC1. The smallest absolute Gasteiger partial charge is 0.244 e. The Bertz CT molecular complexity index is 531. The van der Waals surface area contributed by atoms with Gasteiger partial charge in [-0.15, -0.1) is 11.3 Å². The minimum absolute atomic E-state index is 0.280. The van der Waals surface area contributed by atoms with E-state index >= 15 is 0 Å². The van der Waals surface area contributed by atoms with Gasteiger partial charge in [-0.1, -0.05) is 6.92 Å². The summed E-state index contributed by atoms with van der Waals surface area (Å²) < 4.78 is 27.0. The Kier molecular flexibility index (Phi) is 4.62. The Morgan fingerprint density at radius 1 is 1.32 bits per heavy atom. The van der Waals surface area contributed by atoms with E-state index < -0.39 is 10.0 Å². The average Bonchev–Trinajstić information content (AvgIpc) is 2.80. The molecule has 19 heavy (non-hydrogen) atoms. The molecule has 1 aromatic heterocycles. The fourth-order valence-corrected chi connectivity index (χ4v) is 5.46. The van der Waals surface area contributed by atoms with Crippen LogP contribution in [0, 0.1) is 6.92 Å². The molecule has 1 aromatic rings. The molecule has 5 nitrogen and oxygen atoms in total. The van der Waals surface area contributed by atoms with E-state index in [-0.39, 0.29) is 6.54 Å². The standard InChI is InChI=1S/C12H21N3O2S2/c1-3-14-4-6-15(7-5-14)19(16,17)12-10(2)9-18-11(12)8-13/h9H,3-8,13H2,1-2H3. The first-order valence-corrected chi connectivity index (χ1v) is 8.82. The van der Waals surface area contributed by atoms with Gasteiger partial charge in [-0.3, -0.25) is 0 Å². The van der Waals surface area contributed by atoms with Crippen molar-refractivity contribution in [1.82, 2.24) is 9.21 Å². The van der Waals surface area contributed by atoms with Crippen LogP contribution in [0.2, 0.25) is 0 Å². The quantitative estimate of drug-likeness (QED) is 0.895. The van der Waals surface area contributed by atoms with Crippen LogP contribution in [0.25, 0.3) is 0 Å². The molecule has 0 atom stereocenters. The zero-order chi connectivity index (χ0) is 14.0. The van der Waals surface area contributed by atoms with E-state index in [0.717, 1.165) is 30.1 Å². The van der Waals surface area contributed by atoms with Crippen molar-refractivity contribution in [3.8, 4) is 0 Å². The summed E-state index contributed by atoms with van der Waals surface area (Å²) in [6, 6.07) is 0. The maximum absolute atomic E-state index is 12.7. The summed E-state index contributed by atoms with van der Waals surface area (Å²) >= 11 is 1.43. The number of nitrogens with two attached hydrogens (primary N) is 1. The Morgan fingerprint density at radius 2 is 1.95 bits per heavy atom. The first-order valence-electron chi connectivity index (χ1n) is 6.50. The van der Waals surface area contributed by atoms with Crippen LogP contribution in [0.1, 0.15) is 17.4 Å². The van der Waals surface area contributed by atoms with Gasteiger partial charge in [0.2, 0.25) is 10.0 Å². The number of aryl methyl sites for hydroxylation is 1. The number of hydrogen-bond donors (Lipinski definition) is 1. The lowest BCUT2D eigenvalue weighted by molar-refractivity contribution is 0.196. The van der Waals surface area contributed by atoms with Crippen LogP contribution in [-0.2, 0) is 16.6 Å². The third-order valence-electron chi connectivity index (χ3n) is 3.55. The fraction of sp³-hybridized carbons (Fsp3) is 0.667. The highest BCUT2D eigenvalue weighted by Crippen LogP contribution is 2.29. The van der Waals surface area contributed by atoms with Crippen LogP contribution in [-0.4, -0.2) is 50.3 Å². The predicted molar refractivity (Wildman–Crippen MR) is 77.8 cm³/mol. The summed E-state index contributed by atoms with van der Waals surface area (Å²) in [6.45, 7) is 7.92. The number of rotatable bonds is 4. The first kappa shape index (κ1) is 14.9. The molecule has 0 unspecified atom stereocenters. The van der Waals surface area contributed by atoms with Crippen molar-refractivity contribution in [2.24, 2.45) is 5.73 Å². The van der Waals surface area contributed by atoms with Crippen LogP contribution >= 0.6 is 11.3 Å². The highest BCUT2D eigenvalue weighted by atomic mass is 32.2. The van der Waals surface area contributed by atoms with Gasteiger partial charge in [0.15, 0.2) is 0 Å². The largest absolute Gasteiger partial charge is 0.326 e. The van der Waals surface area contributed by atoms with Crippen LogP contribution in [0.15, 0.2) is 10.3 Å². The van der Waals surface area contributed by atoms with Crippen molar-refractivity contribution in [3.05, 3.63) is 15.8 Å². The van der Waals surface area contributed by atoms with E-state index in [2.05, 4.69) is 11.8 Å². The molecule has 7 heteroatoms. The normalized spacial score (nSPS) is 18.9.